The van der Waals surface area contributed by atoms with Crippen LogP contribution in [0.15, 0.2) is 18.2 Å². The number of nitrogens with one attached hydrogen (secondary N) is 1. The summed E-state index contributed by atoms with van der Waals surface area (Å²) in [6.07, 6.45) is 0.422. The van der Waals surface area contributed by atoms with Crippen LogP contribution in [0.5, 0.6) is 0 Å². The first kappa shape index (κ1) is 20.6. The van der Waals surface area contributed by atoms with Gasteiger partial charge in [-0.2, -0.15) is 0 Å². The van der Waals surface area contributed by atoms with Gasteiger partial charge in [-0.3, -0.25) is 19.3 Å². The van der Waals surface area contributed by atoms with Crippen LogP contribution in [0.25, 0.3) is 0 Å². The molecule has 146 valence electrons. The second-order valence-corrected chi connectivity index (χ2v) is 6.69. The molecule has 1 unspecified atom stereocenters. The summed E-state index contributed by atoms with van der Waals surface area (Å²) in [6.45, 7) is 4.23. The van der Waals surface area contributed by atoms with Gasteiger partial charge in [0, 0.05) is 12.7 Å². The Bertz CT molecular complexity index is 759. The second kappa shape index (κ2) is 8.77. The van der Waals surface area contributed by atoms with Crippen molar-refractivity contribution >= 4 is 23.7 Å². The molecule has 2 rings (SSSR count). The van der Waals surface area contributed by atoms with Crippen molar-refractivity contribution < 1.29 is 28.7 Å². The van der Waals surface area contributed by atoms with Gasteiger partial charge in [0.1, 0.15) is 6.04 Å². The van der Waals surface area contributed by atoms with E-state index in [1.807, 2.05) is 13.8 Å². The molecule has 0 aliphatic carbocycles. The van der Waals surface area contributed by atoms with E-state index in [4.69, 9.17) is 9.47 Å². The Balaban J connectivity index is 2.21. The Hall–Kier alpha value is -2.74. The van der Waals surface area contributed by atoms with Crippen molar-refractivity contribution in [1.82, 2.24) is 10.2 Å². The number of esters is 1. The van der Waals surface area contributed by atoms with Crippen molar-refractivity contribution in [3.63, 3.8) is 0 Å². The molecule has 0 saturated heterocycles. The molecule has 0 spiro atoms. The third-order valence-electron chi connectivity index (χ3n) is 4.25. The quantitative estimate of drug-likeness (QED) is 0.541. The summed E-state index contributed by atoms with van der Waals surface area (Å²) >= 11 is 0. The predicted octanol–water partition coefficient (Wildman–Crippen LogP) is 1.25. The molecule has 0 radical (unpaired) electrons. The van der Waals surface area contributed by atoms with Gasteiger partial charge in [-0.05, 0) is 30.5 Å². The highest BCUT2D eigenvalue weighted by atomic mass is 16.5. The molecule has 27 heavy (non-hydrogen) atoms. The molecule has 3 amide bonds. The van der Waals surface area contributed by atoms with Crippen LogP contribution in [-0.2, 0) is 14.3 Å². The van der Waals surface area contributed by atoms with Crippen LogP contribution >= 0.6 is 0 Å². The van der Waals surface area contributed by atoms with E-state index in [0.29, 0.717) is 6.42 Å². The van der Waals surface area contributed by atoms with Crippen LogP contribution in [0.1, 0.15) is 51.3 Å². The lowest BCUT2D eigenvalue weighted by Crippen LogP contribution is -2.42. The van der Waals surface area contributed by atoms with E-state index in [9.17, 15) is 19.2 Å². The molecule has 0 aromatic heterocycles. The third-order valence-corrected chi connectivity index (χ3v) is 4.25. The first-order valence-electron chi connectivity index (χ1n) is 8.68. The summed E-state index contributed by atoms with van der Waals surface area (Å²) in [6, 6.07) is 3.50. The number of amides is 3. The van der Waals surface area contributed by atoms with E-state index in [0.717, 1.165) is 4.90 Å². The number of carbonyl (C=O) groups excluding carboxylic acids is 4. The largest absolute Gasteiger partial charge is 0.467 e. The maximum Gasteiger partial charge on any atom is 0.328 e. The van der Waals surface area contributed by atoms with E-state index in [1.165, 1.54) is 32.4 Å². The minimum atomic E-state index is -0.786. The number of ether oxygens (including phenoxy) is 2. The highest BCUT2D eigenvalue weighted by Gasteiger charge is 2.36. The summed E-state index contributed by atoms with van der Waals surface area (Å²) < 4.78 is 9.65. The Morgan fingerprint density at radius 2 is 1.78 bits per heavy atom. The fourth-order valence-electron chi connectivity index (χ4n) is 2.89. The lowest BCUT2D eigenvalue weighted by molar-refractivity contribution is -0.143. The normalized spacial score (nSPS) is 14.3. The Morgan fingerprint density at radius 3 is 2.37 bits per heavy atom. The van der Waals surface area contributed by atoms with Gasteiger partial charge >= 0.3 is 5.97 Å². The number of fused-ring (bicyclic) bond motifs is 1. The average molecular weight is 376 g/mol. The lowest BCUT2D eigenvalue weighted by Gasteiger charge is -2.18. The average Bonchev–Trinajstić information content (AvgIpc) is 2.88. The number of methoxy groups -OCH3 is 2. The summed E-state index contributed by atoms with van der Waals surface area (Å²) in [5.74, 6) is -1.75. The summed E-state index contributed by atoms with van der Waals surface area (Å²) in [5, 5.41) is 2.63. The standard InChI is InChI=1S/C19H24N2O6/c1-11(2)9-15(19(25)27-4)20-16(22)12-5-6-13-14(10-12)18(24)21(17(13)23)7-8-26-3/h5-6,10-11,15H,7-9H2,1-4H3,(H,20,22). The van der Waals surface area contributed by atoms with Crippen LogP contribution in [0.4, 0.5) is 0 Å². The van der Waals surface area contributed by atoms with Crippen LogP contribution in [0.2, 0.25) is 0 Å². The predicted molar refractivity (Wildman–Crippen MR) is 96.4 cm³/mol. The minimum absolute atomic E-state index is 0.142. The molecule has 0 saturated carbocycles. The van der Waals surface area contributed by atoms with Crippen molar-refractivity contribution in [2.24, 2.45) is 5.92 Å². The van der Waals surface area contributed by atoms with E-state index >= 15 is 0 Å². The Kier molecular flexibility index (Phi) is 6.68. The van der Waals surface area contributed by atoms with E-state index in [-0.39, 0.29) is 35.8 Å². The SMILES string of the molecule is COCCN1C(=O)c2ccc(C(=O)NC(CC(C)C)C(=O)OC)cc2C1=O. The number of imide groups is 1. The van der Waals surface area contributed by atoms with Crippen LogP contribution in [0, 0.1) is 5.92 Å². The summed E-state index contributed by atoms with van der Waals surface area (Å²) in [4.78, 5) is 50.3. The smallest absolute Gasteiger partial charge is 0.328 e. The molecule has 1 aliphatic rings. The van der Waals surface area contributed by atoms with Crippen molar-refractivity contribution in [3.8, 4) is 0 Å². The van der Waals surface area contributed by atoms with Gasteiger partial charge < -0.3 is 14.8 Å². The van der Waals surface area contributed by atoms with E-state index in [2.05, 4.69) is 5.32 Å². The van der Waals surface area contributed by atoms with Gasteiger partial charge in [0.15, 0.2) is 0 Å². The number of hydrogen-bond acceptors (Lipinski definition) is 6. The number of benzene rings is 1. The zero-order valence-corrected chi connectivity index (χ0v) is 15.9. The monoisotopic (exact) mass is 376 g/mol. The maximum atomic E-state index is 12.5. The van der Waals surface area contributed by atoms with Gasteiger partial charge in [-0.15, -0.1) is 0 Å². The fraction of sp³-hybridized carbons (Fsp3) is 0.474. The van der Waals surface area contributed by atoms with E-state index < -0.39 is 29.7 Å². The fourth-order valence-corrected chi connectivity index (χ4v) is 2.89. The zero-order chi connectivity index (χ0) is 20.1. The van der Waals surface area contributed by atoms with Crippen molar-refractivity contribution in [2.75, 3.05) is 27.4 Å². The summed E-state index contributed by atoms with van der Waals surface area (Å²) in [7, 11) is 2.74. The topological polar surface area (TPSA) is 102 Å². The van der Waals surface area contributed by atoms with Gasteiger partial charge in [0.05, 0.1) is 31.4 Å². The number of carbonyl (C=O) groups is 4. The zero-order valence-electron chi connectivity index (χ0n) is 15.9. The molecule has 8 nitrogen and oxygen atoms in total. The summed E-state index contributed by atoms with van der Waals surface area (Å²) in [5.41, 5.74) is 0.614. The van der Waals surface area contributed by atoms with Crippen LogP contribution in [0.3, 0.4) is 0 Å². The van der Waals surface area contributed by atoms with Gasteiger partial charge in [-0.25, -0.2) is 4.79 Å². The third kappa shape index (κ3) is 4.51. The molecule has 1 N–H and O–H groups in total. The van der Waals surface area contributed by atoms with Crippen LogP contribution < -0.4 is 5.32 Å². The minimum Gasteiger partial charge on any atom is -0.467 e. The molecule has 0 bridgehead atoms. The molecule has 1 aromatic rings. The van der Waals surface area contributed by atoms with Crippen molar-refractivity contribution in [1.29, 1.82) is 0 Å². The molecule has 8 heteroatoms. The van der Waals surface area contributed by atoms with Crippen molar-refractivity contribution in [2.45, 2.75) is 26.3 Å². The molecular formula is C19H24N2O6. The first-order valence-corrected chi connectivity index (χ1v) is 8.68. The van der Waals surface area contributed by atoms with Gasteiger partial charge in [0.2, 0.25) is 0 Å². The first-order chi connectivity index (χ1) is 12.8. The highest BCUT2D eigenvalue weighted by molar-refractivity contribution is 6.22. The number of rotatable bonds is 8. The maximum absolute atomic E-state index is 12.5. The lowest BCUT2D eigenvalue weighted by atomic mass is 10.0. The Labute approximate surface area is 157 Å². The second-order valence-electron chi connectivity index (χ2n) is 6.69. The number of hydrogen-bond donors (Lipinski definition) is 1. The van der Waals surface area contributed by atoms with Gasteiger partial charge in [-0.1, -0.05) is 13.8 Å². The molecule has 1 aromatic carbocycles. The van der Waals surface area contributed by atoms with Gasteiger partial charge in [0.25, 0.3) is 17.7 Å². The van der Waals surface area contributed by atoms with Crippen LogP contribution in [-0.4, -0.2) is 62.0 Å². The molecule has 1 atom stereocenters. The molecule has 1 heterocycles. The number of nitrogens with zero attached hydrogens (tertiary/aromatic N) is 1. The molecule has 0 fully saturated rings. The highest BCUT2D eigenvalue weighted by Crippen LogP contribution is 2.24. The van der Waals surface area contributed by atoms with Crippen molar-refractivity contribution in [3.05, 3.63) is 34.9 Å². The molecule has 1 aliphatic heterocycles. The molecular weight excluding hydrogens is 352 g/mol. The van der Waals surface area contributed by atoms with E-state index in [1.54, 1.807) is 0 Å². The Morgan fingerprint density at radius 1 is 1.11 bits per heavy atom.